The molecule has 164 valence electrons. The number of piperidine rings is 1. The molecule has 0 atom stereocenters. The lowest BCUT2D eigenvalue weighted by atomic mass is 10.1. The number of nitrogens with one attached hydrogen (secondary N) is 1. The van der Waals surface area contributed by atoms with Crippen molar-refractivity contribution in [2.75, 3.05) is 23.3 Å². The number of halogens is 2. The molecule has 0 bridgehead atoms. The zero-order chi connectivity index (χ0) is 22.1. The van der Waals surface area contributed by atoms with Gasteiger partial charge < -0.3 is 14.8 Å². The Balaban J connectivity index is 1.38. The SMILES string of the molecule is CCc1cnc(N2CCC(n3cc(F)c4c(Nc5cccnc5Cl)ncnc43)CC2)nc1. The maximum Gasteiger partial charge on any atom is 0.225 e. The lowest BCUT2D eigenvalue weighted by molar-refractivity contribution is 0.398. The van der Waals surface area contributed by atoms with Crippen LogP contribution in [0.25, 0.3) is 11.0 Å². The highest BCUT2D eigenvalue weighted by Gasteiger charge is 2.26. The predicted molar refractivity (Wildman–Crippen MR) is 122 cm³/mol. The fraction of sp³-hybridized carbons (Fsp3) is 0.318. The molecule has 0 radical (unpaired) electrons. The molecule has 0 saturated carbocycles. The number of hydrogen-bond donors (Lipinski definition) is 1. The van der Waals surface area contributed by atoms with Gasteiger partial charge in [0, 0.05) is 43.9 Å². The van der Waals surface area contributed by atoms with Crippen LogP contribution in [0.2, 0.25) is 5.15 Å². The molecule has 1 saturated heterocycles. The number of aromatic nitrogens is 6. The molecule has 4 aromatic rings. The highest BCUT2D eigenvalue weighted by atomic mass is 35.5. The van der Waals surface area contributed by atoms with Crippen LogP contribution in [0.1, 0.15) is 31.4 Å². The van der Waals surface area contributed by atoms with Gasteiger partial charge in [-0.25, -0.2) is 29.3 Å². The normalized spacial score (nSPS) is 14.8. The first kappa shape index (κ1) is 20.6. The van der Waals surface area contributed by atoms with Crippen molar-refractivity contribution in [3.8, 4) is 0 Å². The van der Waals surface area contributed by atoms with Gasteiger partial charge in [-0.3, -0.25) is 0 Å². The predicted octanol–water partition coefficient (Wildman–Crippen LogP) is 4.56. The lowest BCUT2D eigenvalue weighted by Gasteiger charge is -2.32. The Kier molecular flexibility index (Phi) is 5.57. The van der Waals surface area contributed by atoms with Crippen LogP contribution in [0.5, 0.6) is 0 Å². The Bertz CT molecular complexity index is 1230. The van der Waals surface area contributed by atoms with Crippen molar-refractivity contribution in [3.05, 3.63) is 59.8 Å². The van der Waals surface area contributed by atoms with Crippen LogP contribution in [0.4, 0.5) is 21.8 Å². The summed E-state index contributed by atoms with van der Waals surface area (Å²) in [6, 6.07) is 3.64. The van der Waals surface area contributed by atoms with E-state index in [0.717, 1.165) is 43.9 Å². The van der Waals surface area contributed by atoms with Crippen molar-refractivity contribution in [3.63, 3.8) is 0 Å². The van der Waals surface area contributed by atoms with E-state index in [1.807, 2.05) is 17.0 Å². The molecule has 0 amide bonds. The molecule has 0 aliphatic carbocycles. The third-order valence-corrected chi connectivity index (χ3v) is 6.12. The quantitative estimate of drug-likeness (QED) is 0.444. The van der Waals surface area contributed by atoms with Crippen molar-refractivity contribution < 1.29 is 4.39 Å². The van der Waals surface area contributed by atoms with Gasteiger partial charge in [0.25, 0.3) is 0 Å². The average Bonchev–Trinajstić information content (AvgIpc) is 3.18. The van der Waals surface area contributed by atoms with Crippen LogP contribution >= 0.6 is 11.6 Å². The summed E-state index contributed by atoms with van der Waals surface area (Å²) in [5.41, 5.74) is 2.24. The van der Waals surface area contributed by atoms with Crippen molar-refractivity contribution in [1.29, 1.82) is 0 Å². The molecule has 1 aliphatic rings. The number of fused-ring (bicyclic) bond motifs is 1. The molecule has 1 fully saturated rings. The molecule has 5 heterocycles. The number of aryl methyl sites for hydroxylation is 1. The van der Waals surface area contributed by atoms with Crippen molar-refractivity contribution >= 4 is 40.1 Å². The molecule has 0 unspecified atom stereocenters. The second-order valence-corrected chi connectivity index (χ2v) is 8.09. The van der Waals surface area contributed by atoms with Gasteiger partial charge in [-0.1, -0.05) is 18.5 Å². The maximum atomic E-state index is 15.0. The summed E-state index contributed by atoms with van der Waals surface area (Å²) in [4.78, 5) is 23.8. The van der Waals surface area contributed by atoms with E-state index < -0.39 is 0 Å². The second-order valence-electron chi connectivity index (χ2n) is 7.74. The Morgan fingerprint density at radius 3 is 2.62 bits per heavy atom. The lowest BCUT2D eigenvalue weighted by Crippen LogP contribution is -2.35. The topological polar surface area (TPSA) is 84.7 Å². The van der Waals surface area contributed by atoms with E-state index in [-0.39, 0.29) is 11.9 Å². The first-order valence-corrected chi connectivity index (χ1v) is 11.0. The summed E-state index contributed by atoms with van der Waals surface area (Å²) < 4.78 is 16.9. The van der Waals surface area contributed by atoms with Gasteiger partial charge in [0.2, 0.25) is 5.95 Å². The number of anilines is 3. The highest BCUT2D eigenvalue weighted by molar-refractivity contribution is 6.32. The Morgan fingerprint density at radius 2 is 1.91 bits per heavy atom. The van der Waals surface area contributed by atoms with Gasteiger partial charge >= 0.3 is 0 Å². The molecule has 1 N–H and O–H groups in total. The Morgan fingerprint density at radius 1 is 1.12 bits per heavy atom. The smallest absolute Gasteiger partial charge is 0.225 e. The van der Waals surface area contributed by atoms with Gasteiger partial charge in [-0.2, -0.15) is 0 Å². The Labute approximate surface area is 189 Å². The number of hydrogen-bond acceptors (Lipinski definition) is 7. The van der Waals surface area contributed by atoms with Crippen LogP contribution in [-0.4, -0.2) is 42.6 Å². The minimum Gasteiger partial charge on any atom is -0.341 e. The van der Waals surface area contributed by atoms with E-state index in [1.165, 1.54) is 12.5 Å². The molecular formula is C22H22ClFN8. The molecule has 5 rings (SSSR count). The van der Waals surface area contributed by atoms with Gasteiger partial charge in [-0.15, -0.1) is 0 Å². The van der Waals surface area contributed by atoms with Gasteiger partial charge in [0.15, 0.2) is 11.0 Å². The van der Waals surface area contributed by atoms with Gasteiger partial charge in [-0.05, 0) is 37.0 Å². The molecular weight excluding hydrogens is 431 g/mol. The zero-order valence-electron chi connectivity index (χ0n) is 17.5. The minimum absolute atomic E-state index is 0.123. The summed E-state index contributed by atoms with van der Waals surface area (Å²) >= 11 is 6.14. The first-order chi connectivity index (χ1) is 15.6. The van der Waals surface area contributed by atoms with Crippen LogP contribution in [0.3, 0.4) is 0 Å². The summed E-state index contributed by atoms with van der Waals surface area (Å²) in [5.74, 6) is 0.735. The molecule has 4 aromatic heterocycles. The van der Waals surface area contributed by atoms with Crippen LogP contribution in [0.15, 0.2) is 43.2 Å². The molecule has 32 heavy (non-hydrogen) atoms. The number of pyridine rings is 1. The number of nitrogens with zero attached hydrogens (tertiary/aromatic N) is 7. The minimum atomic E-state index is -0.371. The molecule has 1 aliphatic heterocycles. The van der Waals surface area contributed by atoms with Crippen molar-refractivity contribution in [1.82, 2.24) is 29.5 Å². The number of rotatable bonds is 5. The highest BCUT2D eigenvalue weighted by Crippen LogP contribution is 2.33. The first-order valence-electron chi connectivity index (χ1n) is 10.6. The summed E-state index contributed by atoms with van der Waals surface area (Å²) in [6.45, 7) is 3.66. The van der Waals surface area contributed by atoms with Crippen LogP contribution < -0.4 is 10.2 Å². The van der Waals surface area contributed by atoms with Gasteiger partial charge in [0.1, 0.15) is 17.8 Å². The fourth-order valence-corrected chi connectivity index (χ4v) is 4.22. The largest absolute Gasteiger partial charge is 0.341 e. The average molecular weight is 453 g/mol. The fourth-order valence-electron chi connectivity index (χ4n) is 4.06. The van der Waals surface area contributed by atoms with Gasteiger partial charge in [0.05, 0.1) is 11.1 Å². The van der Waals surface area contributed by atoms with E-state index in [1.54, 1.807) is 18.3 Å². The molecule has 0 aromatic carbocycles. The molecule has 10 heteroatoms. The zero-order valence-corrected chi connectivity index (χ0v) is 18.3. The van der Waals surface area contributed by atoms with E-state index in [9.17, 15) is 0 Å². The Hall–Kier alpha value is -3.33. The summed E-state index contributed by atoms with van der Waals surface area (Å²) in [6.07, 6.45) is 10.9. The van der Waals surface area contributed by atoms with E-state index >= 15 is 4.39 Å². The maximum absolute atomic E-state index is 15.0. The molecule has 8 nitrogen and oxygen atoms in total. The standard InChI is InChI=1S/C22H22ClFN8/c1-2-14-10-26-22(27-11-14)31-8-5-15(6-9-31)32-12-16(24)18-20(28-13-29-21(18)32)30-17-4-3-7-25-19(17)23/h3-4,7,10-13,15H,2,5-6,8-9H2,1H3,(H,28,29,30). The summed E-state index contributed by atoms with van der Waals surface area (Å²) in [5, 5.41) is 3.72. The van der Waals surface area contributed by atoms with Crippen molar-refractivity contribution in [2.24, 2.45) is 0 Å². The second kappa shape index (κ2) is 8.66. The van der Waals surface area contributed by atoms with Crippen molar-refractivity contribution in [2.45, 2.75) is 32.2 Å². The van der Waals surface area contributed by atoms with E-state index in [0.29, 0.717) is 27.7 Å². The summed E-state index contributed by atoms with van der Waals surface area (Å²) in [7, 11) is 0. The molecule has 0 spiro atoms. The monoisotopic (exact) mass is 452 g/mol. The third-order valence-electron chi connectivity index (χ3n) is 5.82. The van der Waals surface area contributed by atoms with Crippen LogP contribution in [-0.2, 0) is 6.42 Å². The van der Waals surface area contributed by atoms with Crippen LogP contribution in [0, 0.1) is 5.82 Å². The van der Waals surface area contributed by atoms with E-state index in [2.05, 4.69) is 42.1 Å². The third kappa shape index (κ3) is 3.84. The van der Waals surface area contributed by atoms with E-state index in [4.69, 9.17) is 11.6 Å².